The molecular weight excluding hydrogens is 290 g/mol. The molecule has 0 aromatic carbocycles. The van der Waals surface area contributed by atoms with Crippen molar-refractivity contribution in [3.8, 4) is 0 Å². The summed E-state index contributed by atoms with van der Waals surface area (Å²) < 4.78 is 0. The molecule has 0 radical (unpaired) electrons. The maximum atomic E-state index is 12.6. The van der Waals surface area contributed by atoms with Crippen LogP contribution >= 0.6 is 0 Å². The van der Waals surface area contributed by atoms with E-state index >= 15 is 0 Å². The van der Waals surface area contributed by atoms with E-state index in [2.05, 4.69) is 10.2 Å². The molecule has 3 aliphatic rings. The molecule has 2 unspecified atom stereocenters. The fourth-order valence-corrected chi connectivity index (χ4v) is 4.30. The van der Waals surface area contributed by atoms with Crippen LogP contribution in [-0.4, -0.2) is 61.4 Å². The quantitative estimate of drug-likeness (QED) is 0.834. The first-order chi connectivity index (χ1) is 11.0. The molecule has 2 aliphatic heterocycles. The lowest BCUT2D eigenvalue weighted by atomic mass is 9.77. The zero-order valence-electron chi connectivity index (χ0n) is 14.6. The normalized spacial score (nSPS) is 30.7. The maximum Gasteiger partial charge on any atom is 0.225 e. The van der Waals surface area contributed by atoms with Gasteiger partial charge in [-0.2, -0.15) is 0 Å². The van der Waals surface area contributed by atoms with E-state index in [9.17, 15) is 9.59 Å². The van der Waals surface area contributed by atoms with Crippen LogP contribution in [0.5, 0.6) is 0 Å². The molecule has 2 bridgehead atoms. The Hall–Kier alpha value is -1.10. The zero-order chi connectivity index (χ0) is 16.4. The highest BCUT2D eigenvalue weighted by Crippen LogP contribution is 2.34. The predicted molar refractivity (Wildman–Crippen MR) is 89.9 cm³/mol. The number of carbonyl (C=O) groups excluding carboxylic acids is 2. The van der Waals surface area contributed by atoms with Crippen LogP contribution in [0.2, 0.25) is 0 Å². The first-order valence-electron chi connectivity index (χ1n) is 9.27. The molecule has 0 spiro atoms. The van der Waals surface area contributed by atoms with Crippen LogP contribution in [0.1, 0.15) is 44.9 Å². The van der Waals surface area contributed by atoms with Gasteiger partial charge in [-0.05, 0) is 50.5 Å². The number of fused-ring (bicyclic) bond motifs is 2. The largest absolute Gasteiger partial charge is 0.349 e. The van der Waals surface area contributed by atoms with E-state index < -0.39 is 0 Å². The zero-order valence-corrected chi connectivity index (χ0v) is 14.6. The summed E-state index contributed by atoms with van der Waals surface area (Å²) in [6.07, 6.45) is 7.27. The highest BCUT2D eigenvalue weighted by atomic mass is 16.2. The number of likely N-dealkylation sites (tertiary alicyclic amines) is 1. The molecule has 5 heteroatoms. The Kier molecular flexibility index (Phi) is 5.24. The molecule has 5 nitrogen and oxygen atoms in total. The average Bonchev–Trinajstić information content (AvgIpc) is 2.47. The van der Waals surface area contributed by atoms with Crippen molar-refractivity contribution >= 4 is 11.8 Å². The first-order valence-corrected chi connectivity index (χ1v) is 9.27. The van der Waals surface area contributed by atoms with Gasteiger partial charge in [0.2, 0.25) is 11.8 Å². The van der Waals surface area contributed by atoms with Crippen LogP contribution < -0.4 is 5.32 Å². The molecule has 130 valence electrons. The van der Waals surface area contributed by atoms with Crippen LogP contribution in [0.25, 0.3) is 0 Å². The molecule has 1 N–H and O–H groups in total. The lowest BCUT2D eigenvalue weighted by Gasteiger charge is -2.47. The van der Waals surface area contributed by atoms with E-state index in [0.717, 1.165) is 45.3 Å². The lowest BCUT2D eigenvalue weighted by Crippen LogP contribution is -2.58. The van der Waals surface area contributed by atoms with Gasteiger partial charge < -0.3 is 15.1 Å². The van der Waals surface area contributed by atoms with Crippen LogP contribution in [0.3, 0.4) is 0 Å². The van der Waals surface area contributed by atoms with Crippen molar-refractivity contribution in [3.05, 3.63) is 0 Å². The monoisotopic (exact) mass is 321 g/mol. The van der Waals surface area contributed by atoms with Gasteiger partial charge in [-0.1, -0.05) is 6.42 Å². The Labute approximate surface area is 139 Å². The summed E-state index contributed by atoms with van der Waals surface area (Å²) in [7, 11) is 3.63. The lowest BCUT2D eigenvalue weighted by molar-refractivity contribution is -0.142. The molecule has 3 atom stereocenters. The Morgan fingerprint density at radius 3 is 2.65 bits per heavy atom. The molecule has 1 saturated carbocycles. The summed E-state index contributed by atoms with van der Waals surface area (Å²) >= 11 is 0. The minimum Gasteiger partial charge on any atom is -0.349 e. The maximum absolute atomic E-state index is 12.6. The van der Waals surface area contributed by atoms with Gasteiger partial charge in [0, 0.05) is 45.6 Å². The Morgan fingerprint density at radius 2 is 2.00 bits per heavy atom. The second-order valence-electron chi connectivity index (χ2n) is 7.93. The van der Waals surface area contributed by atoms with Crippen molar-refractivity contribution in [1.29, 1.82) is 0 Å². The molecule has 2 amide bonds. The molecule has 2 saturated heterocycles. The van der Waals surface area contributed by atoms with Gasteiger partial charge in [0.05, 0.1) is 0 Å². The molecule has 3 fully saturated rings. The first kappa shape index (κ1) is 16.7. The van der Waals surface area contributed by atoms with Gasteiger partial charge in [-0.25, -0.2) is 0 Å². The van der Waals surface area contributed by atoms with E-state index in [-0.39, 0.29) is 5.91 Å². The van der Waals surface area contributed by atoms with Crippen molar-refractivity contribution in [2.24, 2.45) is 17.8 Å². The van der Waals surface area contributed by atoms with Gasteiger partial charge in [-0.15, -0.1) is 0 Å². The molecule has 23 heavy (non-hydrogen) atoms. The molecule has 3 rings (SSSR count). The van der Waals surface area contributed by atoms with Crippen molar-refractivity contribution in [3.63, 3.8) is 0 Å². The van der Waals surface area contributed by atoms with E-state index in [1.54, 1.807) is 4.90 Å². The molecule has 0 aromatic heterocycles. The Morgan fingerprint density at radius 1 is 1.22 bits per heavy atom. The summed E-state index contributed by atoms with van der Waals surface area (Å²) in [4.78, 5) is 28.1. The summed E-state index contributed by atoms with van der Waals surface area (Å²) in [5.74, 6) is 2.13. The van der Waals surface area contributed by atoms with E-state index in [0.29, 0.717) is 36.1 Å². The molecule has 2 heterocycles. The second-order valence-corrected chi connectivity index (χ2v) is 7.93. The standard InChI is InChI=1S/C18H31N3O2/c1-20(2)17(22)8-4-7-16-15-9-13(10-19-16)11-21(12-15)18(23)14-5-3-6-14/h13-16,19H,3-12H2,1-2H3/t13?,15?,16-/m1/s1. The van der Waals surface area contributed by atoms with Gasteiger partial charge in [0.15, 0.2) is 0 Å². The number of nitrogens with one attached hydrogen (secondary N) is 1. The van der Waals surface area contributed by atoms with Gasteiger partial charge in [-0.3, -0.25) is 9.59 Å². The van der Waals surface area contributed by atoms with Crippen molar-refractivity contribution < 1.29 is 9.59 Å². The number of amides is 2. The highest BCUT2D eigenvalue weighted by molar-refractivity contribution is 5.79. The Bertz CT molecular complexity index is 448. The van der Waals surface area contributed by atoms with Gasteiger partial charge in [0.25, 0.3) is 0 Å². The third-order valence-corrected chi connectivity index (χ3v) is 5.98. The summed E-state index contributed by atoms with van der Waals surface area (Å²) in [6.45, 7) is 2.90. The topological polar surface area (TPSA) is 52.7 Å². The Balaban J connectivity index is 1.49. The average molecular weight is 321 g/mol. The summed E-state index contributed by atoms with van der Waals surface area (Å²) in [6, 6.07) is 0.471. The van der Waals surface area contributed by atoms with E-state index in [4.69, 9.17) is 0 Å². The summed E-state index contributed by atoms with van der Waals surface area (Å²) in [5.41, 5.74) is 0. The summed E-state index contributed by atoms with van der Waals surface area (Å²) in [5, 5.41) is 3.68. The van der Waals surface area contributed by atoms with Crippen LogP contribution in [0.15, 0.2) is 0 Å². The van der Waals surface area contributed by atoms with Crippen molar-refractivity contribution in [2.45, 2.75) is 51.0 Å². The molecule has 1 aliphatic carbocycles. The third kappa shape index (κ3) is 3.87. The van der Waals surface area contributed by atoms with Crippen LogP contribution in [-0.2, 0) is 9.59 Å². The smallest absolute Gasteiger partial charge is 0.225 e. The number of piperidine rings is 2. The van der Waals surface area contributed by atoms with Crippen LogP contribution in [0, 0.1) is 17.8 Å². The fourth-order valence-electron chi connectivity index (χ4n) is 4.30. The minimum absolute atomic E-state index is 0.212. The second kappa shape index (κ2) is 7.20. The predicted octanol–water partition coefficient (Wildman–Crippen LogP) is 1.48. The van der Waals surface area contributed by atoms with Crippen LogP contribution in [0.4, 0.5) is 0 Å². The number of hydrogen-bond acceptors (Lipinski definition) is 3. The fraction of sp³-hybridized carbons (Fsp3) is 0.889. The van der Waals surface area contributed by atoms with E-state index in [1.165, 1.54) is 12.8 Å². The van der Waals surface area contributed by atoms with E-state index in [1.807, 2.05) is 14.1 Å². The number of rotatable bonds is 5. The highest BCUT2D eigenvalue weighted by Gasteiger charge is 2.40. The van der Waals surface area contributed by atoms with Crippen molar-refractivity contribution in [1.82, 2.24) is 15.1 Å². The minimum atomic E-state index is 0.212. The van der Waals surface area contributed by atoms with Crippen molar-refractivity contribution in [2.75, 3.05) is 33.7 Å². The molecular formula is C18H31N3O2. The number of nitrogens with zero attached hydrogens (tertiary/aromatic N) is 2. The van der Waals surface area contributed by atoms with Gasteiger partial charge in [0.1, 0.15) is 0 Å². The number of hydrogen-bond donors (Lipinski definition) is 1. The SMILES string of the molecule is CN(C)C(=O)CCC[C@H]1NCC2CC1CN(C(=O)C1CCC1)C2. The third-order valence-electron chi connectivity index (χ3n) is 5.98. The number of carbonyl (C=O) groups is 2. The molecule has 0 aromatic rings. The van der Waals surface area contributed by atoms with Gasteiger partial charge >= 0.3 is 0 Å².